The molecule has 1 aromatic carbocycles. The molecule has 0 saturated carbocycles. The summed E-state index contributed by atoms with van der Waals surface area (Å²) in [6.45, 7) is -0.797. The molecule has 4 N–H and O–H groups in total. The van der Waals surface area contributed by atoms with Crippen LogP contribution in [0.5, 0.6) is 0 Å². The van der Waals surface area contributed by atoms with Gasteiger partial charge < -0.3 is 16.2 Å². The van der Waals surface area contributed by atoms with Crippen LogP contribution in [0, 0.1) is 5.92 Å². The molecule has 0 radical (unpaired) electrons. The van der Waals surface area contributed by atoms with Crippen LogP contribution in [0.25, 0.3) is 0 Å². The third kappa shape index (κ3) is 4.16. The third-order valence-electron chi connectivity index (χ3n) is 2.37. The monoisotopic (exact) mass is 276 g/mol. The van der Waals surface area contributed by atoms with Crippen molar-refractivity contribution in [1.82, 2.24) is 0 Å². The van der Waals surface area contributed by atoms with Crippen molar-refractivity contribution in [3.63, 3.8) is 0 Å². The van der Waals surface area contributed by atoms with Crippen LogP contribution in [0.15, 0.2) is 24.3 Å². The highest BCUT2D eigenvalue weighted by atomic mass is 19.4. The summed E-state index contributed by atoms with van der Waals surface area (Å²) in [6.07, 6.45) is -4.83. The van der Waals surface area contributed by atoms with Gasteiger partial charge >= 0.3 is 12.1 Å². The number of alkyl halides is 3. The molecule has 0 spiro atoms. The summed E-state index contributed by atoms with van der Waals surface area (Å²) in [6, 6.07) is 5.34. The Morgan fingerprint density at radius 1 is 1.26 bits per heavy atom. The molecule has 5 nitrogen and oxygen atoms in total. The second-order valence-electron chi connectivity index (χ2n) is 3.75. The first-order valence-electron chi connectivity index (χ1n) is 5.15. The molecule has 104 valence electrons. The summed E-state index contributed by atoms with van der Waals surface area (Å²) in [5.74, 6) is -5.11. The Morgan fingerprint density at radius 2 is 1.79 bits per heavy atom. The van der Waals surface area contributed by atoms with E-state index >= 15 is 0 Å². The molecule has 0 saturated heterocycles. The van der Waals surface area contributed by atoms with E-state index in [0.29, 0.717) is 0 Å². The first-order valence-corrected chi connectivity index (χ1v) is 5.15. The summed E-state index contributed by atoms with van der Waals surface area (Å²) in [4.78, 5) is 21.3. The Labute approximate surface area is 106 Å². The average molecular weight is 276 g/mol. The van der Waals surface area contributed by atoms with Crippen molar-refractivity contribution in [3.05, 3.63) is 29.8 Å². The van der Waals surface area contributed by atoms with E-state index < -0.39 is 30.5 Å². The SMILES string of the molecule is NC(=O)c1ccc(NCC(C(=O)O)C(F)(F)F)cc1. The number of benzene rings is 1. The van der Waals surface area contributed by atoms with Crippen molar-refractivity contribution in [2.75, 3.05) is 11.9 Å². The molecule has 1 amide bonds. The first-order chi connectivity index (χ1) is 8.71. The number of carboxylic acid groups (broad SMARTS) is 1. The highest BCUT2D eigenvalue weighted by Crippen LogP contribution is 2.26. The van der Waals surface area contributed by atoms with Crippen LogP contribution in [0.1, 0.15) is 10.4 Å². The Hall–Kier alpha value is -2.25. The van der Waals surface area contributed by atoms with E-state index in [1.54, 1.807) is 0 Å². The summed E-state index contributed by atoms with van der Waals surface area (Å²) >= 11 is 0. The van der Waals surface area contributed by atoms with Gasteiger partial charge in [0.05, 0.1) is 0 Å². The van der Waals surface area contributed by atoms with Gasteiger partial charge in [0.25, 0.3) is 0 Å². The molecule has 19 heavy (non-hydrogen) atoms. The number of carbonyl (C=O) groups is 2. The van der Waals surface area contributed by atoms with Crippen LogP contribution < -0.4 is 11.1 Å². The molecule has 0 aliphatic carbocycles. The molecule has 1 atom stereocenters. The van der Waals surface area contributed by atoms with Gasteiger partial charge in [-0.25, -0.2) is 0 Å². The fraction of sp³-hybridized carbons (Fsp3) is 0.273. The van der Waals surface area contributed by atoms with Crippen molar-refractivity contribution < 1.29 is 27.9 Å². The maximum atomic E-state index is 12.4. The summed E-state index contributed by atoms with van der Waals surface area (Å²) in [5.41, 5.74) is 5.47. The van der Waals surface area contributed by atoms with Crippen LogP contribution >= 0.6 is 0 Å². The Kier molecular flexibility index (Phi) is 4.36. The molecule has 0 heterocycles. The van der Waals surface area contributed by atoms with Gasteiger partial charge in [-0.3, -0.25) is 9.59 Å². The van der Waals surface area contributed by atoms with E-state index in [1.165, 1.54) is 24.3 Å². The molecule has 0 aliphatic heterocycles. The second kappa shape index (κ2) is 5.59. The zero-order chi connectivity index (χ0) is 14.6. The Bertz CT molecular complexity index is 471. The topological polar surface area (TPSA) is 92.4 Å². The quantitative estimate of drug-likeness (QED) is 0.759. The maximum absolute atomic E-state index is 12.4. The lowest BCUT2D eigenvalue weighted by Gasteiger charge is -2.17. The molecule has 8 heteroatoms. The molecule has 0 bridgehead atoms. The zero-order valence-electron chi connectivity index (χ0n) is 9.57. The minimum Gasteiger partial charge on any atom is -0.481 e. The average Bonchev–Trinajstić information content (AvgIpc) is 2.27. The van der Waals surface area contributed by atoms with Crippen molar-refractivity contribution in [2.24, 2.45) is 11.7 Å². The molecular weight excluding hydrogens is 265 g/mol. The van der Waals surface area contributed by atoms with Gasteiger partial charge in [-0.15, -0.1) is 0 Å². The lowest BCUT2D eigenvalue weighted by atomic mass is 10.1. The van der Waals surface area contributed by atoms with Crippen molar-refractivity contribution in [1.29, 1.82) is 0 Å². The minimum atomic E-state index is -4.83. The number of rotatable bonds is 5. The maximum Gasteiger partial charge on any atom is 0.403 e. The van der Waals surface area contributed by atoms with E-state index in [0.717, 1.165) is 0 Å². The predicted octanol–water partition coefficient (Wildman–Crippen LogP) is 1.46. The normalized spacial score (nSPS) is 12.8. The molecule has 1 aromatic rings. The zero-order valence-corrected chi connectivity index (χ0v) is 9.57. The highest BCUT2D eigenvalue weighted by molar-refractivity contribution is 5.93. The van der Waals surface area contributed by atoms with Crippen LogP contribution in [0.3, 0.4) is 0 Å². The number of aliphatic carboxylic acids is 1. The number of anilines is 1. The van der Waals surface area contributed by atoms with Crippen molar-refractivity contribution >= 4 is 17.6 Å². The van der Waals surface area contributed by atoms with E-state index in [2.05, 4.69) is 5.32 Å². The van der Waals surface area contributed by atoms with Gasteiger partial charge in [0.1, 0.15) is 0 Å². The number of nitrogens with two attached hydrogens (primary N) is 1. The number of hydrogen-bond acceptors (Lipinski definition) is 3. The number of nitrogens with one attached hydrogen (secondary N) is 1. The van der Waals surface area contributed by atoms with Crippen LogP contribution in [-0.2, 0) is 4.79 Å². The first kappa shape index (κ1) is 14.8. The third-order valence-corrected chi connectivity index (χ3v) is 2.37. The largest absolute Gasteiger partial charge is 0.481 e. The smallest absolute Gasteiger partial charge is 0.403 e. The van der Waals surface area contributed by atoms with Crippen LogP contribution in [0.4, 0.5) is 18.9 Å². The molecule has 1 unspecified atom stereocenters. The van der Waals surface area contributed by atoms with Crippen molar-refractivity contribution in [3.8, 4) is 0 Å². The van der Waals surface area contributed by atoms with Gasteiger partial charge in [-0.1, -0.05) is 0 Å². The fourth-order valence-corrected chi connectivity index (χ4v) is 1.32. The molecule has 0 aliphatic rings. The lowest BCUT2D eigenvalue weighted by Crippen LogP contribution is -2.36. The summed E-state index contributed by atoms with van der Waals surface area (Å²) in [7, 11) is 0. The van der Waals surface area contributed by atoms with Crippen LogP contribution in [-0.4, -0.2) is 29.7 Å². The summed E-state index contributed by atoms with van der Waals surface area (Å²) in [5, 5.41) is 10.8. The molecular formula is C11H11F3N2O3. The number of hydrogen-bond donors (Lipinski definition) is 3. The van der Waals surface area contributed by atoms with Gasteiger partial charge in [-0.2, -0.15) is 13.2 Å². The molecule has 0 fully saturated rings. The molecule has 0 aromatic heterocycles. The Balaban J connectivity index is 2.70. The van der Waals surface area contributed by atoms with E-state index in [-0.39, 0.29) is 11.3 Å². The number of carbonyl (C=O) groups excluding carboxylic acids is 1. The Morgan fingerprint density at radius 3 is 2.16 bits per heavy atom. The van der Waals surface area contributed by atoms with E-state index in [4.69, 9.17) is 10.8 Å². The highest BCUT2D eigenvalue weighted by Gasteiger charge is 2.44. The number of halogens is 3. The fourth-order valence-electron chi connectivity index (χ4n) is 1.32. The summed E-state index contributed by atoms with van der Waals surface area (Å²) < 4.78 is 37.1. The van der Waals surface area contributed by atoms with Gasteiger partial charge in [0, 0.05) is 17.8 Å². The predicted molar refractivity (Wildman–Crippen MR) is 60.6 cm³/mol. The number of primary amides is 1. The minimum absolute atomic E-state index is 0.205. The van der Waals surface area contributed by atoms with Gasteiger partial charge in [0.2, 0.25) is 5.91 Å². The lowest BCUT2D eigenvalue weighted by molar-refractivity contribution is -0.190. The van der Waals surface area contributed by atoms with Gasteiger partial charge in [-0.05, 0) is 24.3 Å². The van der Waals surface area contributed by atoms with E-state index in [9.17, 15) is 22.8 Å². The second-order valence-corrected chi connectivity index (χ2v) is 3.75. The number of amides is 1. The van der Waals surface area contributed by atoms with Crippen molar-refractivity contribution in [2.45, 2.75) is 6.18 Å². The number of carboxylic acids is 1. The van der Waals surface area contributed by atoms with E-state index in [1.807, 2.05) is 0 Å². The van der Waals surface area contributed by atoms with Gasteiger partial charge in [0.15, 0.2) is 5.92 Å². The standard InChI is InChI=1S/C11H11F3N2O3/c12-11(13,14)8(10(18)19)5-16-7-3-1-6(2-4-7)9(15)17/h1-4,8,16H,5H2,(H2,15,17)(H,18,19). The van der Waals surface area contributed by atoms with Crippen LogP contribution in [0.2, 0.25) is 0 Å². The molecule has 1 rings (SSSR count).